The van der Waals surface area contributed by atoms with Crippen LogP contribution in [0.4, 0.5) is 10.2 Å². The van der Waals surface area contributed by atoms with Crippen LogP contribution in [0.25, 0.3) is 0 Å². The van der Waals surface area contributed by atoms with Crippen molar-refractivity contribution in [2.45, 2.75) is 0 Å². The Morgan fingerprint density at radius 1 is 1.17 bits per heavy atom. The summed E-state index contributed by atoms with van der Waals surface area (Å²) in [6.07, 6.45) is 0. The number of anilines is 1. The summed E-state index contributed by atoms with van der Waals surface area (Å²) in [5, 5.41) is 9.60. The smallest absolute Gasteiger partial charge is 0.258 e. The zero-order valence-electron chi connectivity index (χ0n) is 8.82. The van der Waals surface area contributed by atoms with Gasteiger partial charge in [0.2, 0.25) is 0 Å². The van der Waals surface area contributed by atoms with Gasteiger partial charge in [-0.1, -0.05) is 29.3 Å². The second-order valence-electron chi connectivity index (χ2n) is 3.30. The minimum Gasteiger partial charge on any atom is -0.305 e. The Kier molecular flexibility index (Phi) is 3.74. The van der Waals surface area contributed by atoms with Gasteiger partial charge < -0.3 is 5.32 Å². The first kappa shape index (κ1) is 12.7. The molecule has 0 radical (unpaired) electrons. The lowest BCUT2D eigenvalue weighted by atomic mass is 10.2. The molecule has 4 nitrogen and oxygen atoms in total. The van der Waals surface area contributed by atoms with Crippen molar-refractivity contribution in [3.05, 3.63) is 51.9 Å². The second kappa shape index (κ2) is 5.29. The van der Waals surface area contributed by atoms with Crippen molar-refractivity contribution in [3.63, 3.8) is 0 Å². The summed E-state index contributed by atoms with van der Waals surface area (Å²) in [6, 6.07) is 6.91. The number of nitrogens with one attached hydrogen (secondary N) is 1. The van der Waals surface area contributed by atoms with E-state index in [0.717, 1.165) is 0 Å². The zero-order valence-corrected chi connectivity index (χ0v) is 10.3. The topological polar surface area (TPSA) is 54.9 Å². The highest BCUT2D eigenvalue weighted by molar-refractivity contribution is 6.34. The number of amides is 1. The van der Waals surface area contributed by atoms with E-state index in [9.17, 15) is 9.18 Å². The number of benzene rings is 1. The molecule has 0 saturated carbocycles. The van der Waals surface area contributed by atoms with Crippen LogP contribution in [-0.4, -0.2) is 16.1 Å². The highest BCUT2D eigenvalue weighted by atomic mass is 35.5. The first-order valence-corrected chi connectivity index (χ1v) is 5.58. The van der Waals surface area contributed by atoms with E-state index >= 15 is 0 Å². The van der Waals surface area contributed by atoms with Gasteiger partial charge in [0.15, 0.2) is 11.0 Å². The number of nitrogens with zero attached hydrogens (tertiary/aromatic N) is 2. The van der Waals surface area contributed by atoms with E-state index in [4.69, 9.17) is 23.2 Å². The Morgan fingerprint density at radius 3 is 2.61 bits per heavy atom. The van der Waals surface area contributed by atoms with Crippen LogP contribution in [0.5, 0.6) is 0 Å². The van der Waals surface area contributed by atoms with Crippen molar-refractivity contribution in [1.29, 1.82) is 0 Å². The third-order valence-corrected chi connectivity index (χ3v) is 2.66. The lowest BCUT2D eigenvalue weighted by molar-refractivity contribution is 0.102. The summed E-state index contributed by atoms with van der Waals surface area (Å²) in [4.78, 5) is 11.8. The molecule has 1 aromatic carbocycles. The molecule has 2 rings (SSSR count). The quantitative estimate of drug-likeness (QED) is 0.922. The van der Waals surface area contributed by atoms with Crippen LogP contribution >= 0.6 is 23.2 Å². The average Bonchev–Trinajstić information content (AvgIpc) is 2.35. The molecule has 0 aliphatic heterocycles. The first-order valence-electron chi connectivity index (χ1n) is 4.82. The van der Waals surface area contributed by atoms with Crippen molar-refractivity contribution < 1.29 is 9.18 Å². The van der Waals surface area contributed by atoms with Crippen molar-refractivity contribution >= 4 is 34.9 Å². The van der Waals surface area contributed by atoms with Gasteiger partial charge in [0.1, 0.15) is 5.82 Å². The Hall–Kier alpha value is -1.72. The van der Waals surface area contributed by atoms with Gasteiger partial charge >= 0.3 is 0 Å². The minimum atomic E-state index is -0.661. The molecule has 18 heavy (non-hydrogen) atoms. The van der Waals surface area contributed by atoms with Gasteiger partial charge in [0.25, 0.3) is 5.91 Å². The van der Waals surface area contributed by atoms with Crippen molar-refractivity contribution in [2.24, 2.45) is 0 Å². The number of halogens is 3. The number of aromatic nitrogens is 2. The van der Waals surface area contributed by atoms with Crippen molar-refractivity contribution in [3.8, 4) is 0 Å². The molecule has 1 amide bonds. The monoisotopic (exact) mass is 285 g/mol. The van der Waals surface area contributed by atoms with E-state index in [1.807, 2.05) is 0 Å². The third-order valence-electron chi connectivity index (χ3n) is 2.07. The van der Waals surface area contributed by atoms with E-state index in [1.54, 1.807) is 0 Å². The molecule has 1 heterocycles. The standard InChI is InChI=1S/C11H6Cl2FN3O/c12-8-4-5-9(17-16-8)15-11(18)6-2-1-3-7(14)10(6)13/h1-5H,(H,15,17,18). The molecule has 0 atom stereocenters. The Labute approximate surface area is 112 Å². The van der Waals surface area contributed by atoms with Crippen LogP contribution < -0.4 is 5.32 Å². The van der Waals surface area contributed by atoms with E-state index < -0.39 is 11.7 Å². The Balaban J connectivity index is 2.22. The lowest BCUT2D eigenvalue weighted by Gasteiger charge is -2.05. The zero-order chi connectivity index (χ0) is 13.1. The predicted molar refractivity (Wildman–Crippen MR) is 66.4 cm³/mol. The number of hydrogen-bond donors (Lipinski definition) is 1. The van der Waals surface area contributed by atoms with Gasteiger partial charge in [-0.15, -0.1) is 10.2 Å². The summed E-state index contributed by atoms with van der Waals surface area (Å²) < 4.78 is 13.2. The fraction of sp³-hybridized carbons (Fsp3) is 0. The predicted octanol–water partition coefficient (Wildman–Crippen LogP) is 3.17. The van der Waals surface area contributed by atoms with Gasteiger partial charge in [-0.05, 0) is 24.3 Å². The van der Waals surface area contributed by atoms with E-state index in [1.165, 1.54) is 30.3 Å². The molecule has 1 aromatic heterocycles. The normalized spacial score (nSPS) is 10.2. The number of hydrogen-bond acceptors (Lipinski definition) is 3. The van der Waals surface area contributed by atoms with Crippen molar-refractivity contribution in [2.75, 3.05) is 5.32 Å². The highest BCUT2D eigenvalue weighted by Crippen LogP contribution is 2.20. The van der Waals surface area contributed by atoms with Gasteiger partial charge in [-0.2, -0.15) is 0 Å². The van der Waals surface area contributed by atoms with Gasteiger partial charge in [-0.25, -0.2) is 4.39 Å². The maximum absolute atomic E-state index is 13.2. The van der Waals surface area contributed by atoms with Gasteiger partial charge in [0.05, 0.1) is 10.6 Å². The molecule has 0 fully saturated rings. The maximum Gasteiger partial charge on any atom is 0.258 e. The molecule has 2 aromatic rings. The van der Waals surface area contributed by atoms with Crippen LogP contribution in [0.15, 0.2) is 30.3 Å². The van der Waals surface area contributed by atoms with Gasteiger partial charge in [0, 0.05) is 0 Å². The molecular weight excluding hydrogens is 280 g/mol. The van der Waals surface area contributed by atoms with Crippen LogP contribution in [-0.2, 0) is 0 Å². The van der Waals surface area contributed by atoms with Gasteiger partial charge in [-0.3, -0.25) is 4.79 Å². The minimum absolute atomic E-state index is 0.0217. The number of carbonyl (C=O) groups is 1. The number of rotatable bonds is 2. The Bertz CT molecular complexity index is 589. The summed E-state index contributed by atoms with van der Waals surface area (Å²) in [6.45, 7) is 0. The lowest BCUT2D eigenvalue weighted by Crippen LogP contribution is -2.14. The fourth-order valence-corrected chi connectivity index (χ4v) is 1.56. The molecular formula is C11H6Cl2FN3O. The van der Waals surface area contributed by atoms with Crippen LogP contribution in [0.2, 0.25) is 10.2 Å². The van der Waals surface area contributed by atoms with Crippen LogP contribution in [0, 0.1) is 5.82 Å². The average molecular weight is 286 g/mol. The first-order chi connectivity index (χ1) is 8.58. The molecule has 0 saturated heterocycles. The summed E-state index contributed by atoms with van der Waals surface area (Å²) in [5.41, 5.74) is 0.0217. The van der Waals surface area contributed by atoms with Crippen LogP contribution in [0.3, 0.4) is 0 Å². The fourth-order valence-electron chi connectivity index (χ4n) is 1.25. The third kappa shape index (κ3) is 2.75. The molecule has 92 valence electrons. The molecule has 0 unspecified atom stereocenters. The van der Waals surface area contributed by atoms with E-state index in [2.05, 4.69) is 15.5 Å². The summed E-state index contributed by atoms with van der Waals surface area (Å²) in [5.74, 6) is -1.03. The SMILES string of the molecule is O=C(Nc1ccc(Cl)nn1)c1cccc(F)c1Cl. The Morgan fingerprint density at radius 2 is 1.94 bits per heavy atom. The molecule has 7 heteroatoms. The molecule has 1 N–H and O–H groups in total. The van der Waals surface area contributed by atoms with Crippen molar-refractivity contribution in [1.82, 2.24) is 10.2 Å². The molecule has 0 bridgehead atoms. The molecule has 0 aliphatic carbocycles. The van der Waals surface area contributed by atoms with E-state index in [-0.39, 0.29) is 21.6 Å². The molecule has 0 spiro atoms. The largest absolute Gasteiger partial charge is 0.305 e. The highest BCUT2D eigenvalue weighted by Gasteiger charge is 2.14. The summed E-state index contributed by atoms with van der Waals surface area (Å²) in [7, 11) is 0. The molecule has 0 aliphatic rings. The van der Waals surface area contributed by atoms with Crippen LogP contribution in [0.1, 0.15) is 10.4 Å². The maximum atomic E-state index is 13.2. The second-order valence-corrected chi connectivity index (χ2v) is 4.06. The van der Waals surface area contributed by atoms with E-state index in [0.29, 0.717) is 0 Å². The number of carbonyl (C=O) groups excluding carboxylic acids is 1. The summed E-state index contributed by atoms with van der Waals surface area (Å²) >= 11 is 11.2.